The summed E-state index contributed by atoms with van der Waals surface area (Å²) in [7, 11) is 1.93. The molecule has 3 heterocycles. The predicted molar refractivity (Wildman–Crippen MR) is 94.4 cm³/mol. The Morgan fingerprint density at radius 2 is 2.17 bits per heavy atom. The van der Waals surface area contributed by atoms with Crippen LogP contribution >= 0.6 is 11.6 Å². The lowest BCUT2D eigenvalue weighted by Gasteiger charge is -2.10. The molecular formula is C18H19ClN4O. The van der Waals surface area contributed by atoms with Crippen molar-refractivity contribution < 1.29 is 4.74 Å². The molecule has 2 aromatic heterocycles. The summed E-state index contributed by atoms with van der Waals surface area (Å²) in [4.78, 5) is 6.85. The summed E-state index contributed by atoms with van der Waals surface area (Å²) in [5.41, 5.74) is 3.11. The summed E-state index contributed by atoms with van der Waals surface area (Å²) in [5, 5.41) is 5.77. The minimum atomic E-state index is 0.438. The van der Waals surface area contributed by atoms with Gasteiger partial charge in [-0.2, -0.15) is 5.10 Å². The lowest BCUT2D eigenvalue weighted by atomic mass is 10.2. The summed E-state index contributed by atoms with van der Waals surface area (Å²) in [6.45, 7) is 4.57. The van der Waals surface area contributed by atoms with Crippen LogP contribution in [0.5, 0.6) is 5.75 Å². The molecule has 0 bridgehead atoms. The van der Waals surface area contributed by atoms with E-state index in [1.165, 1.54) is 5.56 Å². The van der Waals surface area contributed by atoms with E-state index in [2.05, 4.69) is 15.0 Å². The van der Waals surface area contributed by atoms with Crippen LogP contribution in [0.2, 0.25) is 5.02 Å². The van der Waals surface area contributed by atoms with E-state index < -0.39 is 0 Å². The zero-order chi connectivity index (χ0) is 16.7. The molecule has 124 valence electrons. The van der Waals surface area contributed by atoms with E-state index in [1.54, 1.807) is 0 Å². The summed E-state index contributed by atoms with van der Waals surface area (Å²) < 4.78 is 7.78. The molecule has 1 saturated heterocycles. The lowest BCUT2D eigenvalue weighted by Crippen LogP contribution is -2.11. The molecule has 0 saturated carbocycles. The summed E-state index contributed by atoms with van der Waals surface area (Å²) in [6, 6.07) is 8.27. The molecule has 24 heavy (non-hydrogen) atoms. The molecule has 6 heteroatoms. The molecule has 1 aliphatic heterocycles. The van der Waals surface area contributed by atoms with Crippen LogP contribution in [0.25, 0.3) is 10.9 Å². The summed E-state index contributed by atoms with van der Waals surface area (Å²) >= 11 is 6.48. The molecule has 0 spiro atoms. The topological polar surface area (TPSA) is 43.0 Å². The summed E-state index contributed by atoms with van der Waals surface area (Å²) in [5.74, 6) is 0.725. The van der Waals surface area contributed by atoms with Crippen LogP contribution < -0.4 is 4.74 Å². The first-order valence-corrected chi connectivity index (χ1v) is 8.38. The molecule has 1 fully saturated rings. The van der Waals surface area contributed by atoms with Gasteiger partial charge < -0.3 is 4.74 Å². The molecule has 1 aliphatic rings. The molecule has 3 aromatic rings. The van der Waals surface area contributed by atoms with Crippen LogP contribution in [0.4, 0.5) is 0 Å². The van der Waals surface area contributed by atoms with Crippen molar-refractivity contribution in [3.05, 3.63) is 52.9 Å². The Kier molecular flexibility index (Phi) is 3.90. The van der Waals surface area contributed by atoms with Crippen molar-refractivity contribution >= 4 is 22.5 Å². The van der Waals surface area contributed by atoms with Gasteiger partial charge in [0, 0.05) is 43.0 Å². The lowest BCUT2D eigenvalue weighted by molar-refractivity contribution is 0.293. The van der Waals surface area contributed by atoms with Crippen molar-refractivity contribution in [2.45, 2.75) is 19.5 Å². The third kappa shape index (κ3) is 3.09. The maximum Gasteiger partial charge on any atom is 0.138 e. The second-order valence-corrected chi connectivity index (χ2v) is 6.69. The van der Waals surface area contributed by atoms with Gasteiger partial charge in [-0.15, -0.1) is 0 Å². The van der Waals surface area contributed by atoms with Crippen molar-refractivity contribution in [1.29, 1.82) is 0 Å². The molecule has 5 nitrogen and oxygen atoms in total. The molecule has 2 unspecified atom stereocenters. The molecule has 0 aliphatic carbocycles. The molecule has 0 radical (unpaired) electrons. The van der Waals surface area contributed by atoms with Gasteiger partial charge in [-0.3, -0.25) is 14.6 Å². The van der Waals surface area contributed by atoms with Gasteiger partial charge in [0.2, 0.25) is 0 Å². The Morgan fingerprint density at radius 3 is 2.96 bits per heavy atom. The van der Waals surface area contributed by atoms with Gasteiger partial charge in [0.1, 0.15) is 12.4 Å². The molecule has 0 N–H and O–H groups in total. The number of hydrogen-bond donors (Lipinski definition) is 0. The second-order valence-electron chi connectivity index (χ2n) is 6.31. The van der Waals surface area contributed by atoms with Gasteiger partial charge in [0.15, 0.2) is 0 Å². The number of benzene rings is 1. The van der Waals surface area contributed by atoms with E-state index in [4.69, 9.17) is 16.3 Å². The van der Waals surface area contributed by atoms with Crippen LogP contribution in [0.3, 0.4) is 0 Å². The average molecular weight is 343 g/mol. The van der Waals surface area contributed by atoms with Crippen molar-refractivity contribution in [1.82, 2.24) is 19.7 Å². The fraction of sp³-hybridized carbons (Fsp3) is 0.333. The number of halogens is 1. The highest BCUT2D eigenvalue weighted by atomic mass is 35.5. The van der Waals surface area contributed by atoms with Gasteiger partial charge >= 0.3 is 0 Å². The molecule has 0 amide bonds. The number of ether oxygens (including phenoxy) is 1. The van der Waals surface area contributed by atoms with E-state index in [0.717, 1.165) is 35.4 Å². The van der Waals surface area contributed by atoms with Crippen LogP contribution in [0.15, 0.2) is 36.7 Å². The number of hydrogen-bond acceptors (Lipinski definition) is 4. The average Bonchev–Trinajstić information content (AvgIpc) is 3.16. The minimum Gasteiger partial charge on any atom is -0.490 e. The zero-order valence-electron chi connectivity index (χ0n) is 13.7. The molecule has 4 rings (SSSR count). The van der Waals surface area contributed by atoms with Crippen molar-refractivity contribution in [2.24, 2.45) is 7.05 Å². The third-order valence-corrected chi connectivity index (χ3v) is 4.70. The predicted octanol–water partition coefficient (Wildman–Crippen LogP) is 3.19. The fourth-order valence-corrected chi connectivity index (χ4v) is 3.19. The van der Waals surface area contributed by atoms with Crippen molar-refractivity contribution in [2.75, 3.05) is 13.2 Å². The normalized spacial score (nSPS) is 19.6. The highest BCUT2D eigenvalue weighted by Gasteiger charge is 2.34. The van der Waals surface area contributed by atoms with E-state index in [0.29, 0.717) is 17.7 Å². The van der Waals surface area contributed by atoms with Crippen LogP contribution in [-0.2, 0) is 13.6 Å². The van der Waals surface area contributed by atoms with Gasteiger partial charge in [0.05, 0.1) is 22.8 Å². The van der Waals surface area contributed by atoms with Crippen LogP contribution in [-0.4, -0.2) is 38.9 Å². The SMILES string of the molecule is Cc1ccc2c(Cl)c(OCC3CN3Cc3cnn(C)c3)ccc2n1. The van der Waals surface area contributed by atoms with E-state index in [-0.39, 0.29) is 0 Å². The van der Waals surface area contributed by atoms with Crippen LogP contribution in [0, 0.1) is 6.92 Å². The number of rotatable bonds is 5. The molecule has 2 atom stereocenters. The van der Waals surface area contributed by atoms with Crippen molar-refractivity contribution in [3.8, 4) is 5.75 Å². The highest BCUT2D eigenvalue weighted by Crippen LogP contribution is 2.33. The Hall–Kier alpha value is -2.11. The van der Waals surface area contributed by atoms with Gasteiger partial charge in [-0.1, -0.05) is 11.6 Å². The Bertz CT molecular complexity index is 892. The maximum atomic E-state index is 6.48. The molecular weight excluding hydrogens is 324 g/mol. The molecule has 1 aromatic carbocycles. The van der Waals surface area contributed by atoms with Crippen LogP contribution in [0.1, 0.15) is 11.3 Å². The number of aryl methyl sites for hydroxylation is 2. The van der Waals surface area contributed by atoms with Crippen molar-refractivity contribution in [3.63, 3.8) is 0 Å². The summed E-state index contributed by atoms with van der Waals surface area (Å²) in [6.07, 6.45) is 3.96. The second kappa shape index (κ2) is 6.07. The largest absolute Gasteiger partial charge is 0.490 e. The standard InChI is InChI=1S/C18H19ClN4O/c1-12-3-4-15-16(21-12)5-6-17(18(15)19)24-11-14-10-23(14)9-13-7-20-22(2)8-13/h3-8,14H,9-11H2,1-2H3. The highest BCUT2D eigenvalue weighted by molar-refractivity contribution is 6.36. The first-order chi connectivity index (χ1) is 11.6. The fourth-order valence-electron chi connectivity index (χ4n) is 2.91. The van der Waals surface area contributed by atoms with Gasteiger partial charge in [0.25, 0.3) is 0 Å². The maximum absolute atomic E-state index is 6.48. The smallest absolute Gasteiger partial charge is 0.138 e. The zero-order valence-corrected chi connectivity index (χ0v) is 14.5. The minimum absolute atomic E-state index is 0.438. The number of fused-ring (bicyclic) bond motifs is 1. The van der Waals surface area contributed by atoms with E-state index in [9.17, 15) is 0 Å². The third-order valence-electron chi connectivity index (χ3n) is 4.31. The van der Waals surface area contributed by atoms with Gasteiger partial charge in [-0.25, -0.2) is 0 Å². The Balaban J connectivity index is 1.39. The number of aromatic nitrogens is 3. The monoisotopic (exact) mass is 342 g/mol. The number of pyridine rings is 1. The first-order valence-electron chi connectivity index (χ1n) is 8.00. The quantitative estimate of drug-likeness (QED) is 0.668. The van der Waals surface area contributed by atoms with Gasteiger partial charge in [-0.05, 0) is 31.2 Å². The van der Waals surface area contributed by atoms with E-state index in [1.807, 2.05) is 55.3 Å². The Morgan fingerprint density at radius 1 is 1.29 bits per heavy atom. The van der Waals surface area contributed by atoms with E-state index >= 15 is 0 Å². The first kappa shape index (κ1) is 15.4. The number of nitrogens with zero attached hydrogens (tertiary/aromatic N) is 4. The Labute approximate surface area is 145 Å².